The first kappa shape index (κ1) is 17.5. The van der Waals surface area contributed by atoms with Crippen molar-refractivity contribution in [2.24, 2.45) is 0 Å². The molecule has 3 heteroatoms. The third-order valence-electron chi connectivity index (χ3n) is 6.24. The molecule has 0 fully saturated rings. The van der Waals surface area contributed by atoms with Crippen molar-refractivity contribution < 1.29 is 0 Å². The molecule has 2 aromatic heterocycles. The van der Waals surface area contributed by atoms with Crippen molar-refractivity contribution in [1.29, 1.82) is 0 Å². The van der Waals surface area contributed by atoms with E-state index in [0.717, 1.165) is 4.47 Å². The lowest BCUT2D eigenvalue weighted by Gasteiger charge is -2.12. The Morgan fingerprint density at radius 2 is 1.35 bits per heavy atom. The molecule has 0 aliphatic heterocycles. The zero-order valence-corrected chi connectivity index (χ0v) is 18.9. The predicted octanol–water partition coefficient (Wildman–Crippen LogP) is 9.07. The molecule has 0 unspecified atom stereocenters. The zero-order valence-electron chi connectivity index (χ0n) is 16.5. The molecule has 7 aromatic rings. The van der Waals surface area contributed by atoms with Crippen LogP contribution in [0.15, 0.2) is 102 Å². The number of thiophene rings is 1. The average Bonchev–Trinajstić information content (AvgIpc) is 3.35. The number of benzene rings is 5. The van der Waals surface area contributed by atoms with Gasteiger partial charge in [-0.2, -0.15) is 0 Å². The van der Waals surface area contributed by atoms with E-state index < -0.39 is 0 Å². The maximum Gasteiger partial charge on any atom is 0.0720 e. The summed E-state index contributed by atoms with van der Waals surface area (Å²) in [6, 6.07) is 35.0. The van der Waals surface area contributed by atoms with Gasteiger partial charge in [0.2, 0.25) is 0 Å². The van der Waals surface area contributed by atoms with Gasteiger partial charge in [0.15, 0.2) is 0 Å². The Hall–Kier alpha value is -3.14. The van der Waals surface area contributed by atoms with Gasteiger partial charge in [-0.05, 0) is 29.7 Å². The van der Waals surface area contributed by atoms with Crippen LogP contribution < -0.4 is 0 Å². The lowest BCUT2D eigenvalue weighted by molar-refractivity contribution is 1.21. The minimum atomic E-state index is 1.16. The number of hydrogen-bond donors (Lipinski definition) is 0. The van der Waals surface area contributed by atoms with Crippen LogP contribution in [0.5, 0.6) is 0 Å². The third kappa shape index (κ3) is 2.36. The average molecular weight is 478 g/mol. The third-order valence-corrected chi connectivity index (χ3v) is 8.04. The summed E-state index contributed by atoms with van der Waals surface area (Å²) in [5, 5.41) is 7.71. The van der Waals surface area contributed by atoms with E-state index in [4.69, 9.17) is 0 Å². The summed E-state index contributed by atoms with van der Waals surface area (Å²) >= 11 is 5.79. The van der Waals surface area contributed by atoms with E-state index in [-0.39, 0.29) is 0 Å². The number of rotatable bonds is 1. The molecule has 5 aromatic carbocycles. The number of aromatic nitrogens is 1. The molecule has 146 valence electrons. The molecule has 31 heavy (non-hydrogen) atoms. The second-order valence-electron chi connectivity index (χ2n) is 7.91. The predicted molar refractivity (Wildman–Crippen MR) is 139 cm³/mol. The molecular weight excluding hydrogens is 462 g/mol. The first-order chi connectivity index (χ1) is 15.3. The molecule has 0 amide bonds. The van der Waals surface area contributed by atoms with Gasteiger partial charge in [-0.15, -0.1) is 11.3 Å². The van der Waals surface area contributed by atoms with Crippen LogP contribution in [0.1, 0.15) is 0 Å². The molecule has 0 aliphatic carbocycles. The van der Waals surface area contributed by atoms with E-state index in [1.165, 1.54) is 58.4 Å². The number of para-hydroxylation sites is 1. The monoisotopic (exact) mass is 477 g/mol. The maximum atomic E-state index is 3.91. The number of halogens is 1. The van der Waals surface area contributed by atoms with Crippen molar-refractivity contribution in [3.8, 4) is 5.69 Å². The first-order valence-corrected chi connectivity index (χ1v) is 11.9. The summed E-state index contributed by atoms with van der Waals surface area (Å²) in [6.45, 7) is 0. The van der Waals surface area contributed by atoms with Gasteiger partial charge in [0.25, 0.3) is 0 Å². The Morgan fingerprint density at radius 1 is 0.645 bits per heavy atom. The van der Waals surface area contributed by atoms with Crippen molar-refractivity contribution >= 4 is 80.0 Å². The van der Waals surface area contributed by atoms with Crippen molar-refractivity contribution in [1.82, 2.24) is 4.57 Å². The molecular formula is C28H16BrNS. The molecule has 2 heterocycles. The highest BCUT2D eigenvalue weighted by molar-refractivity contribution is 9.10. The van der Waals surface area contributed by atoms with Crippen LogP contribution in [0.3, 0.4) is 0 Å². The van der Waals surface area contributed by atoms with Gasteiger partial charge in [0.1, 0.15) is 0 Å². The first-order valence-electron chi connectivity index (χ1n) is 10.3. The van der Waals surface area contributed by atoms with Crippen LogP contribution in [0.25, 0.3) is 58.4 Å². The number of fused-ring (bicyclic) bond motifs is 8. The van der Waals surface area contributed by atoms with E-state index in [1.807, 2.05) is 11.3 Å². The van der Waals surface area contributed by atoms with Gasteiger partial charge in [0.05, 0.1) is 21.4 Å². The lowest BCUT2D eigenvalue weighted by atomic mass is 10.1. The summed E-state index contributed by atoms with van der Waals surface area (Å²) in [4.78, 5) is 0. The van der Waals surface area contributed by atoms with E-state index in [0.29, 0.717) is 0 Å². The molecule has 0 atom stereocenters. The SMILES string of the molecule is Brc1cc2c3ccccc3n(-c3cccc4ccccc34)c2c2sc3ccccc3c12. The molecule has 0 aliphatic rings. The molecule has 1 nitrogen and oxygen atoms in total. The fraction of sp³-hybridized carbons (Fsp3) is 0. The number of hydrogen-bond acceptors (Lipinski definition) is 1. The smallest absolute Gasteiger partial charge is 0.0720 e. The van der Waals surface area contributed by atoms with Gasteiger partial charge in [0, 0.05) is 36.1 Å². The number of nitrogens with zero attached hydrogens (tertiary/aromatic N) is 1. The molecule has 0 N–H and O–H groups in total. The fourth-order valence-corrected chi connectivity index (χ4v) is 6.98. The van der Waals surface area contributed by atoms with Crippen LogP contribution in [0.2, 0.25) is 0 Å². The second-order valence-corrected chi connectivity index (χ2v) is 9.81. The summed E-state index contributed by atoms with van der Waals surface area (Å²) < 4.78 is 6.28. The summed E-state index contributed by atoms with van der Waals surface area (Å²) in [6.07, 6.45) is 0. The minimum Gasteiger partial charge on any atom is -0.307 e. The quantitative estimate of drug-likeness (QED) is 0.222. The highest BCUT2D eigenvalue weighted by Crippen LogP contribution is 2.46. The Labute approximate surface area is 191 Å². The van der Waals surface area contributed by atoms with Crippen LogP contribution in [0.4, 0.5) is 0 Å². The van der Waals surface area contributed by atoms with Gasteiger partial charge < -0.3 is 4.57 Å². The van der Waals surface area contributed by atoms with Gasteiger partial charge in [-0.3, -0.25) is 0 Å². The highest BCUT2D eigenvalue weighted by atomic mass is 79.9. The van der Waals surface area contributed by atoms with Crippen molar-refractivity contribution in [2.75, 3.05) is 0 Å². The zero-order chi connectivity index (χ0) is 20.5. The van der Waals surface area contributed by atoms with Gasteiger partial charge in [-0.25, -0.2) is 0 Å². The van der Waals surface area contributed by atoms with Crippen molar-refractivity contribution in [2.45, 2.75) is 0 Å². The van der Waals surface area contributed by atoms with E-state index in [9.17, 15) is 0 Å². The summed E-state index contributed by atoms with van der Waals surface area (Å²) in [5.74, 6) is 0. The van der Waals surface area contributed by atoms with E-state index >= 15 is 0 Å². The standard InChI is InChI=1S/C28H16BrNS/c29-22-16-21-19-11-3-5-13-24(19)30(23-14-7-9-17-8-1-2-10-18(17)23)27(21)28-26(22)20-12-4-6-15-25(20)31-28/h1-16H. The summed E-state index contributed by atoms with van der Waals surface area (Å²) in [5.41, 5.74) is 3.76. The van der Waals surface area contributed by atoms with Crippen LogP contribution >= 0.6 is 27.3 Å². The minimum absolute atomic E-state index is 1.16. The van der Waals surface area contributed by atoms with Crippen LogP contribution in [0, 0.1) is 0 Å². The maximum absolute atomic E-state index is 3.91. The molecule has 0 spiro atoms. The van der Waals surface area contributed by atoms with Crippen molar-refractivity contribution in [3.05, 3.63) is 102 Å². The second kappa shape index (κ2) is 6.43. The van der Waals surface area contributed by atoms with Crippen LogP contribution in [-0.2, 0) is 0 Å². The van der Waals surface area contributed by atoms with E-state index in [2.05, 4.69) is 118 Å². The molecule has 0 saturated heterocycles. The topological polar surface area (TPSA) is 4.93 Å². The lowest BCUT2D eigenvalue weighted by Crippen LogP contribution is -1.95. The highest BCUT2D eigenvalue weighted by Gasteiger charge is 2.20. The Kier molecular flexibility index (Phi) is 3.64. The van der Waals surface area contributed by atoms with Crippen LogP contribution in [-0.4, -0.2) is 4.57 Å². The summed E-state index contributed by atoms with van der Waals surface area (Å²) in [7, 11) is 0. The molecule has 7 rings (SSSR count). The normalized spacial score (nSPS) is 12.0. The molecule has 0 bridgehead atoms. The van der Waals surface area contributed by atoms with Gasteiger partial charge >= 0.3 is 0 Å². The molecule has 0 radical (unpaired) electrons. The Balaban J connectivity index is 1.79. The van der Waals surface area contributed by atoms with E-state index in [1.54, 1.807) is 0 Å². The molecule has 0 saturated carbocycles. The van der Waals surface area contributed by atoms with Crippen molar-refractivity contribution in [3.63, 3.8) is 0 Å². The Morgan fingerprint density at radius 3 is 2.26 bits per heavy atom. The Bertz CT molecular complexity index is 1800. The largest absolute Gasteiger partial charge is 0.307 e. The van der Waals surface area contributed by atoms with Gasteiger partial charge in [-0.1, -0.05) is 88.7 Å². The fourth-order valence-electron chi connectivity index (χ4n) is 4.94.